The molecule has 4 nitrogen and oxygen atoms in total. The molecule has 1 saturated carbocycles. The van der Waals surface area contributed by atoms with E-state index in [4.69, 9.17) is 5.73 Å². The molecule has 0 atom stereocenters. The van der Waals surface area contributed by atoms with Crippen molar-refractivity contribution in [2.45, 2.75) is 38.6 Å². The molecule has 0 amide bonds. The van der Waals surface area contributed by atoms with Gasteiger partial charge in [-0.25, -0.2) is 0 Å². The van der Waals surface area contributed by atoms with Gasteiger partial charge >= 0.3 is 0 Å². The normalized spacial score (nSPS) is 18.1. The summed E-state index contributed by atoms with van der Waals surface area (Å²) < 4.78 is 0. The quantitative estimate of drug-likeness (QED) is 0.876. The first kappa shape index (κ1) is 11.8. The van der Waals surface area contributed by atoms with Crippen LogP contribution in [0.25, 0.3) is 0 Å². The van der Waals surface area contributed by atoms with Crippen molar-refractivity contribution in [3.63, 3.8) is 0 Å². The van der Waals surface area contributed by atoms with Gasteiger partial charge < -0.3 is 5.73 Å². The van der Waals surface area contributed by atoms with E-state index in [9.17, 15) is 0 Å². The molecule has 1 aromatic heterocycles. The Labute approximate surface area is 101 Å². The molecule has 0 bridgehead atoms. The highest BCUT2D eigenvalue weighted by Crippen LogP contribution is 2.24. The second kappa shape index (κ2) is 5.59. The molecule has 1 aliphatic carbocycles. The minimum Gasteiger partial charge on any atom is -0.374 e. The van der Waals surface area contributed by atoms with Crippen LogP contribution in [0.1, 0.15) is 37.1 Å². The summed E-state index contributed by atoms with van der Waals surface area (Å²) in [5, 5.41) is 9.48. The summed E-state index contributed by atoms with van der Waals surface area (Å²) in [5.41, 5.74) is 5.56. The maximum absolute atomic E-state index is 5.56. The predicted octanol–water partition coefficient (Wildman–Crippen LogP) is 2.13. The van der Waals surface area contributed by atoms with Crippen molar-refractivity contribution in [1.82, 2.24) is 15.1 Å². The van der Waals surface area contributed by atoms with Crippen molar-refractivity contribution in [1.29, 1.82) is 0 Å². The first-order chi connectivity index (χ1) is 7.74. The zero-order valence-corrected chi connectivity index (χ0v) is 10.7. The summed E-state index contributed by atoms with van der Waals surface area (Å²) in [6.07, 6.45) is 7.02. The van der Waals surface area contributed by atoms with Crippen molar-refractivity contribution < 1.29 is 0 Å². The highest BCUT2D eigenvalue weighted by atomic mass is 32.1. The van der Waals surface area contributed by atoms with Crippen LogP contribution in [-0.2, 0) is 6.54 Å². The van der Waals surface area contributed by atoms with Gasteiger partial charge in [-0.3, -0.25) is 4.90 Å². The number of hydrogen-bond donors (Lipinski definition) is 1. The topological polar surface area (TPSA) is 55.0 Å². The molecular formula is C11H20N4S. The molecule has 0 spiro atoms. The molecule has 0 aliphatic heterocycles. The second-order valence-corrected chi connectivity index (χ2v) is 5.83. The van der Waals surface area contributed by atoms with E-state index < -0.39 is 0 Å². The SMILES string of the molecule is CN(Cc1nnc(N)s1)CC1CCCCC1. The van der Waals surface area contributed by atoms with E-state index in [0.29, 0.717) is 5.13 Å². The Morgan fingerprint density at radius 2 is 2.06 bits per heavy atom. The Morgan fingerprint density at radius 3 is 2.69 bits per heavy atom. The highest BCUT2D eigenvalue weighted by molar-refractivity contribution is 7.15. The molecule has 1 aliphatic rings. The molecule has 0 aromatic carbocycles. The standard InChI is InChI=1S/C11H20N4S/c1-15(7-9-5-3-2-4-6-9)8-10-13-14-11(12)16-10/h9H,2-8H2,1H3,(H2,12,14). The summed E-state index contributed by atoms with van der Waals surface area (Å²) in [6, 6.07) is 0. The van der Waals surface area contributed by atoms with Gasteiger partial charge in [0.05, 0.1) is 6.54 Å². The molecule has 90 valence electrons. The van der Waals surface area contributed by atoms with E-state index in [2.05, 4.69) is 22.1 Å². The van der Waals surface area contributed by atoms with E-state index in [-0.39, 0.29) is 0 Å². The van der Waals surface area contributed by atoms with Gasteiger partial charge in [0.15, 0.2) is 0 Å². The summed E-state index contributed by atoms with van der Waals surface area (Å²) in [6.45, 7) is 2.06. The fraction of sp³-hybridized carbons (Fsp3) is 0.818. The number of anilines is 1. The maximum atomic E-state index is 5.56. The number of nitrogens with two attached hydrogens (primary N) is 1. The fourth-order valence-electron chi connectivity index (χ4n) is 2.44. The molecular weight excluding hydrogens is 220 g/mol. The lowest BCUT2D eigenvalue weighted by molar-refractivity contribution is 0.227. The van der Waals surface area contributed by atoms with Gasteiger partial charge in [-0.2, -0.15) is 0 Å². The summed E-state index contributed by atoms with van der Waals surface area (Å²) in [7, 11) is 2.16. The number of aromatic nitrogens is 2. The molecule has 0 radical (unpaired) electrons. The third-order valence-corrected chi connectivity index (χ3v) is 3.92. The molecule has 2 rings (SSSR count). The van der Waals surface area contributed by atoms with E-state index in [1.807, 2.05) is 0 Å². The van der Waals surface area contributed by atoms with Crippen LogP contribution in [0.3, 0.4) is 0 Å². The third-order valence-electron chi connectivity index (χ3n) is 3.18. The van der Waals surface area contributed by atoms with Crippen LogP contribution < -0.4 is 5.73 Å². The second-order valence-electron chi connectivity index (χ2n) is 4.73. The van der Waals surface area contributed by atoms with Gasteiger partial charge in [-0.05, 0) is 25.8 Å². The van der Waals surface area contributed by atoms with Crippen molar-refractivity contribution in [2.75, 3.05) is 19.3 Å². The van der Waals surface area contributed by atoms with Crippen LogP contribution >= 0.6 is 11.3 Å². The van der Waals surface area contributed by atoms with Crippen LogP contribution in [0, 0.1) is 5.92 Å². The lowest BCUT2D eigenvalue weighted by atomic mass is 9.89. The number of rotatable bonds is 4. The molecule has 16 heavy (non-hydrogen) atoms. The zero-order valence-electron chi connectivity index (χ0n) is 9.85. The van der Waals surface area contributed by atoms with Crippen LogP contribution in [0.5, 0.6) is 0 Å². The lowest BCUT2D eigenvalue weighted by Gasteiger charge is -2.26. The average Bonchev–Trinajstić information content (AvgIpc) is 2.65. The van der Waals surface area contributed by atoms with Crippen LogP contribution in [0.4, 0.5) is 5.13 Å². The molecule has 1 heterocycles. The Balaban J connectivity index is 1.77. The number of nitrogen functional groups attached to an aromatic ring is 1. The molecule has 0 saturated heterocycles. The number of nitrogens with zero attached hydrogens (tertiary/aromatic N) is 3. The van der Waals surface area contributed by atoms with Gasteiger partial charge in [-0.15, -0.1) is 10.2 Å². The van der Waals surface area contributed by atoms with Crippen LogP contribution in [0.15, 0.2) is 0 Å². The van der Waals surface area contributed by atoms with Gasteiger partial charge in [0.1, 0.15) is 5.01 Å². The fourth-order valence-corrected chi connectivity index (χ4v) is 3.13. The highest BCUT2D eigenvalue weighted by Gasteiger charge is 2.16. The first-order valence-corrected chi connectivity index (χ1v) is 6.82. The lowest BCUT2D eigenvalue weighted by Crippen LogP contribution is -2.26. The van der Waals surface area contributed by atoms with E-state index in [1.54, 1.807) is 0 Å². The zero-order chi connectivity index (χ0) is 11.4. The third kappa shape index (κ3) is 3.42. The molecule has 2 N–H and O–H groups in total. The Kier molecular flexibility index (Phi) is 4.12. The molecule has 5 heteroatoms. The van der Waals surface area contributed by atoms with Crippen LogP contribution in [0.2, 0.25) is 0 Å². The minimum atomic E-state index is 0.570. The predicted molar refractivity (Wildman–Crippen MR) is 67.2 cm³/mol. The van der Waals surface area contributed by atoms with Gasteiger partial charge in [0.25, 0.3) is 0 Å². The minimum absolute atomic E-state index is 0.570. The monoisotopic (exact) mass is 240 g/mol. The number of hydrogen-bond acceptors (Lipinski definition) is 5. The van der Waals surface area contributed by atoms with Crippen molar-refractivity contribution in [3.05, 3.63) is 5.01 Å². The maximum Gasteiger partial charge on any atom is 0.203 e. The molecule has 1 aromatic rings. The molecule has 1 fully saturated rings. The largest absolute Gasteiger partial charge is 0.374 e. The first-order valence-electron chi connectivity index (χ1n) is 6.00. The van der Waals surface area contributed by atoms with E-state index in [1.165, 1.54) is 50.0 Å². The van der Waals surface area contributed by atoms with Crippen molar-refractivity contribution in [3.8, 4) is 0 Å². The molecule has 0 unspecified atom stereocenters. The van der Waals surface area contributed by atoms with Gasteiger partial charge in [0.2, 0.25) is 5.13 Å². The van der Waals surface area contributed by atoms with Gasteiger partial charge in [0, 0.05) is 6.54 Å². The summed E-state index contributed by atoms with van der Waals surface area (Å²) in [5.74, 6) is 0.879. The van der Waals surface area contributed by atoms with Crippen LogP contribution in [-0.4, -0.2) is 28.7 Å². The average molecular weight is 240 g/mol. The Bertz CT molecular complexity index is 320. The summed E-state index contributed by atoms with van der Waals surface area (Å²) >= 11 is 1.49. The van der Waals surface area contributed by atoms with Gasteiger partial charge in [-0.1, -0.05) is 30.6 Å². The smallest absolute Gasteiger partial charge is 0.203 e. The van der Waals surface area contributed by atoms with E-state index >= 15 is 0 Å². The van der Waals surface area contributed by atoms with E-state index in [0.717, 1.165) is 17.5 Å². The Hall–Kier alpha value is -0.680. The Morgan fingerprint density at radius 1 is 1.31 bits per heavy atom. The summed E-state index contributed by atoms with van der Waals surface area (Å²) in [4.78, 5) is 2.34. The van der Waals surface area contributed by atoms with Crippen molar-refractivity contribution >= 4 is 16.5 Å². The van der Waals surface area contributed by atoms with Crippen molar-refractivity contribution in [2.24, 2.45) is 5.92 Å².